The van der Waals surface area contributed by atoms with Crippen LogP contribution in [0.15, 0.2) is 12.1 Å². The Bertz CT molecular complexity index is 485. The van der Waals surface area contributed by atoms with E-state index < -0.39 is 0 Å². The second-order valence-corrected chi connectivity index (χ2v) is 5.89. The molecule has 1 aromatic rings. The summed E-state index contributed by atoms with van der Waals surface area (Å²) in [6.07, 6.45) is 1.67. The third kappa shape index (κ3) is 3.37. The maximum atomic E-state index is 12.1. The van der Waals surface area contributed by atoms with E-state index in [1.54, 1.807) is 0 Å². The summed E-state index contributed by atoms with van der Waals surface area (Å²) in [7, 11) is 4.11. The zero-order valence-corrected chi connectivity index (χ0v) is 13.0. The molecule has 0 aromatic carbocycles. The zero-order chi connectivity index (χ0) is 14.7. The highest BCUT2D eigenvalue weighted by atomic mass is 16.2. The van der Waals surface area contributed by atoms with Gasteiger partial charge in [-0.25, -0.2) is 0 Å². The van der Waals surface area contributed by atoms with E-state index in [9.17, 15) is 4.79 Å². The second kappa shape index (κ2) is 6.35. The molecule has 1 fully saturated rings. The Balaban J connectivity index is 2.22. The number of hydrogen-bond acceptors (Lipinski definition) is 3. The summed E-state index contributed by atoms with van der Waals surface area (Å²) in [5.41, 5.74) is 3.43. The molecular formula is C16H25N3O. The number of carbonyl (C=O) groups is 1. The molecule has 1 atom stereocenters. The molecule has 1 aliphatic rings. The second-order valence-electron chi connectivity index (χ2n) is 5.89. The lowest BCUT2D eigenvalue weighted by atomic mass is 9.87. The number of amides is 1. The summed E-state index contributed by atoms with van der Waals surface area (Å²) in [5.74, 6) is 0.605. The molecule has 4 nitrogen and oxygen atoms in total. The molecule has 0 aliphatic carbocycles. The predicted molar refractivity (Wildman–Crippen MR) is 80.6 cm³/mol. The van der Waals surface area contributed by atoms with E-state index in [0.717, 1.165) is 37.4 Å². The third-order valence-electron chi connectivity index (χ3n) is 3.96. The molecule has 4 heteroatoms. The smallest absolute Gasteiger partial charge is 0.223 e. The van der Waals surface area contributed by atoms with Crippen molar-refractivity contribution in [2.45, 2.75) is 39.2 Å². The van der Waals surface area contributed by atoms with Crippen LogP contribution in [0.5, 0.6) is 0 Å². The predicted octanol–water partition coefficient (Wildman–Crippen LogP) is 2.18. The molecule has 0 unspecified atom stereocenters. The molecule has 2 rings (SSSR count). The Hall–Kier alpha value is -1.42. The van der Waals surface area contributed by atoms with Crippen LogP contribution in [-0.4, -0.2) is 47.9 Å². The number of aryl methyl sites for hydroxylation is 1. The Morgan fingerprint density at radius 3 is 2.75 bits per heavy atom. The first kappa shape index (κ1) is 15.0. The van der Waals surface area contributed by atoms with Gasteiger partial charge in [0.05, 0.1) is 5.69 Å². The van der Waals surface area contributed by atoms with Crippen molar-refractivity contribution < 1.29 is 4.79 Å². The summed E-state index contributed by atoms with van der Waals surface area (Å²) >= 11 is 0. The standard InChI is InChI=1S/C16H25N3O/c1-5-19-9-8-13(10-16(19)20)14-7-6-12(2)17-15(14)11-18(3)4/h6-7,13H,5,8-11H2,1-4H3/t13-/m0/s1. The normalized spacial score (nSPS) is 19.8. The van der Waals surface area contributed by atoms with Gasteiger partial charge in [-0.1, -0.05) is 6.07 Å². The summed E-state index contributed by atoms with van der Waals surface area (Å²) in [5, 5.41) is 0. The molecule has 20 heavy (non-hydrogen) atoms. The maximum Gasteiger partial charge on any atom is 0.223 e. The van der Waals surface area contributed by atoms with Gasteiger partial charge in [0.2, 0.25) is 5.91 Å². The molecular weight excluding hydrogens is 250 g/mol. The molecule has 1 saturated heterocycles. The van der Waals surface area contributed by atoms with Gasteiger partial charge in [0.25, 0.3) is 0 Å². The van der Waals surface area contributed by atoms with E-state index in [1.807, 2.05) is 18.7 Å². The Kier molecular flexibility index (Phi) is 4.76. The van der Waals surface area contributed by atoms with Crippen molar-refractivity contribution in [2.24, 2.45) is 0 Å². The minimum atomic E-state index is 0.278. The van der Waals surface area contributed by atoms with E-state index >= 15 is 0 Å². The largest absolute Gasteiger partial charge is 0.343 e. The first-order chi connectivity index (χ1) is 9.51. The lowest BCUT2D eigenvalue weighted by Gasteiger charge is -2.32. The van der Waals surface area contributed by atoms with E-state index in [0.29, 0.717) is 12.3 Å². The van der Waals surface area contributed by atoms with Gasteiger partial charge in [0.1, 0.15) is 0 Å². The van der Waals surface area contributed by atoms with Crippen LogP contribution in [0.3, 0.4) is 0 Å². The van der Waals surface area contributed by atoms with Gasteiger partial charge < -0.3 is 9.80 Å². The Morgan fingerprint density at radius 2 is 2.15 bits per heavy atom. The first-order valence-corrected chi connectivity index (χ1v) is 7.40. The molecule has 110 valence electrons. The number of carbonyl (C=O) groups excluding carboxylic acids is 1. The number of rotatable bonds is 4. The van der Waals surface area contributed by atoms with Crippen molar-refractivity contribution in [3.63, 3.8) is 0 Å². The van der Waals surface area contributed by atoms with Crippen LogP contribution in [0.1, 0.15) is 42.6 Å². The Morgan fingerprint density at radius 1 is 1.40 bits per heavy atom. The lowest BCUT2D eigenvalue weighted by molar-refractivity contribution is -0.133. The maximum absolute atomic E-state index is 12.1. The third-order valence-corrected chi connectivity index (χ3v) is 3.96. The molecule has 0 bridgehead atoms. The molecule has 0 spiro atoms. The van der Waals surface area contributed by atoms with Crippen molar-refractivity contribution in [1.29, 1.82) is 0 Å². The lowest BCUT2D eigenvalue weighted by Crippen LogP contribution is -2.38. The molecule has 0 N–H and O–H groups in total. The van der Waals surface area contributed by atoms with Crippen LogP contribution >= 0.6 is 0 Å². The van der Waals surface area contributed by atoms with E-state index in [-0.39, 0.29) is 5.91 Å². The monoisotopic (exact) mass is 275 g/mol. The highest BCUT2D eigenvalue weighted by Crippen LogP contribution is 2.30. The number of aromatic nitrogens is 1. The number of hydrogen-bond donors (Lipinski definition) is 0. The Labute approximate surface area is 121 Å². The summed E-state index contributed by atoms with van der Waals surface area (Å²) in [4.78, 5) is 20.9. The number of piperidine rings is 1. The average Bonchev–Trinajstić information content (AvgIpc) is 2.38. The van der Waals surface area contributed by atoms with Gasteiger partial charge in [0, 0.05) is 31.7 Å². The molecule has 0 saturated carbocycles. The molecule has 2 heterocycles. The minimum absolute atomic E-state index is 0.278. The van der Waals surface area contributed by atoms with Crippen molar-refractivity contribution >= 4 is 5.91 Å². The van der Waals surface area contributed by atoms with Crippen molar-refractivity contribution in [3.8, 4) is 0 Å². The number of nitrogens with zero attached hydrogens (tertiary/aromatic N) is 3. The van der Waals surface area contributed by atoms with Crippen LogP contribution in [0.25, 0.3) is 0 Å². The number of likely N-dealkylation sites (tertiary alicyclic amines) is 1. The molecule has 1 aliphatic heterocycles. The van der Waals surface area contributed by atoms with Gasteiger partial charge >= 0.3 is 0 Å². The van der Waals surface area contributed by atoms with Crippen LogP contribution in [-0.2, 0) is 11.3 Å². The van der Waals surface area contributed by atoms with E-state index in [2.05, 4.69) is 36.1 Å². The SMILES string of the molecule is CCN1CC[C@H](c2ccc(C)nc2CN(C)C)CC1=O. The van der Waals surface area contributed by atoms with Gasteiger partial charge in [0.15, 0.2) is 0 Å². The minimum Gasteiger partial charge on any atom is -0.343 e. The fraction of sp³-hybridized carbons (Fsp3) is 0.625. The van der Waals surface area contributed by atoms with Crippen LogP contribution in [0, 0.1) is 6.92 Å². The van der Waals surface area contributed by atoms with Crippen LogP contribution < -0.4 is 0 Å². The number of pyridine rings is 1. The van der Waals surface area contributed by atoms with Crippen LogP contribution in [0.2, 0.25) is 0 Å². The van der Waals surface area contributed by atoms with Gasteiger partial charge in [-0.3, -0.25) is 9.78 Å². The summed E-state index contributed by atoms with van der Waals surface area (Å²) in [6.45, 7) is 6.59. The van der Waals surface area contributed by atoms with Crippen molar-refractivity contribution in [1.82, 2.24) is 14.8 Å². The zero-order valence-electron chi connectivity index (χ0n) is 13.0. The van der Waals surface area contributed by atoms with Gasteiger partial charge in [-0.2, -0.15) is 0 Å². The summed E-state index contributed by atoms with van der Waals surface area (Å²) < 4.78 is 0. The van der Waals surface area contributed by atoms with E-state index in [4.69, 9.17) is 0 Å². The summed E-state index contributed by atoms with van der Waals surface area (Å²) in [6, 6.07) is 4.23. The first-order valence-electron chi connectivity index (χ1n) is 7.40. The highest BCUT2D eigenvalue weighted by Gasteiger charge is 2.27. The molecule has 0 radical (unpaired) electrons. The molecule has 1 amide bonds. The van der Waals surface area contributed by atoms with E-state index in [1.165, 1.54) is 5.56 Å². The topological polar surface area (TPSA) is 36.4 Å². The van der Waals surface area contributed by atoms with Gasteiger partial charge in [-0.15, -0.1) is 0 Å². The quantitative estimate of drug-likeness (QED) is 0.845. The van der Waals surface area contributed by atoms with Gasteiger partial charge in [-0.05, 0) is 51.9 Å². The van der Waals surface area contributed by atoms with Crippen LogP contribution in [0.4, 0.5) is 0 Å². The van der Waals surface area contributed by atoms with Crippen molar-refractivity contribution in [2.75, 3.05) is 27.2 Å². The molecule has 1 aromatic heterocycles. The highest BCUT2D eigenvalue weighted by molar-refractivity contribution is 5.78. The van der Waals surface area contributed by atoms with Crippen molar-refractivity contribution in [3.05, 3.63) is 29.1 Å². The fourth-order valence-corrected chi connectivity index (χ4v) is 2.90. The average molecular weight is 275 g/mol. The fourth-order valence-electron chi connectivity index (χ4n) is 2.90.